The molecule has 1 atom stereocenters. The molecule has 0 aromatic heterocycles. The molecule has 0 fully saturated rings. The number of ketones is 1. The van der Waals surface area contributed by atoms with Crippen LogP contribution in [0.1, 0.15) is 48.5 Å². The average molecular weight is 278 g/mol. The van der Waals surface area contributed by atoms with Crippen LogP contribution in [0.3, 0.4) is 0 Å². The summed E-state index contributed by atoms with van der Waals surface area (Å²) >= 11 is 0. The maximum atomic E-state index is 12.5. The van der Waals surface area contributed by atoms with Crippen molar-refractivity contribution in [1.29, 1.82) is 0 Å². The zero-order valence-corrected chi connectivity index (χ0v) is 12.8. The van der Waals surface area contributed by atoms with E-state index >= 15 is 0 Å². The zero-order valence-electron chi connectivity index (χ0n) is 12.8. The lowest BCUT2D eigenvalue weighted by Gasteiger charge is -2.15. The minimum Gasteiger partial charge on any atom is -0.294 e. The molecule has 0 aliphatic heterocycles. The molecule has 2 rings (SSSR count). The number of carbonyl (C=O) groups excluding carboxylic acids is 1. The summed E-state index contributed by atoms with van der Waals surface area (Å²) in [7, 11) is 0. The molecule has 0 N–H and O–H groups in total. The topological polar surface area (TPSA) is 17.1 Å². The predicted molar refractivity (Wildman–Crippen MR) is 88.6 cm³/mol. The number of benzene rings is 2. The van der Waals surface area contributed by atoms with Crippen LogP contribution < -0.4 is 0 Å². The highest BCUT2D eigenvalue weighted by atomic mass is 16.1. The van der Waals surface area contributed by atoms with Crippen LogP contribution in [-0.2, 0) is 0 Å². The number of carbonyl (C=O) groups is 1. The maximum Gasteiger partial charge on any atom is 0.163 e. The summed E-state index contributed by atoms with van der Waals surface area (Å²) in [5.74, 6) is 0.459. The Morgan fingerprint density at radius 2 is 1.52 bits per heavy atom. The third-order valence-electron chi connectivity index (χ3n) is 3.61. The summed E-state index contributed by atoms with van der Waals surface area (Å²) in [6.07, 6.45) is 3.68. The lowest BCUT2D eigenvalue weighted by atomic mass is 9.88. The monoisotopic (exact) mass is 278 g/mol. The summed E-state index contributed by atoms with van der Waals surface area (Å²) < 4.78 is 0. The van der Waals surface area contributed by atoms with E-state index in [2.05, 4.69) is 32.1 Å². The Balaban J connectivity index is 2.16. The van der Waals surface area contributed by atoms with Crippen molar-refractivity contribution in [2.75, 3.05) is 0 Å². The highest BCUT2D eigenvalue weighted by Gasteiger charge is 2.16. The zero-order chi connectivity index (χ0) is 15.1. The van der Waals surface area contributed by atoms with E-state index in [-0.39, 0.29) is 11.7 Å². The molecule has 0 radical (unpaired) electrons. The van der Waals surface area contributed by atoms with Gasteiger partial charge in [0.1, 0.15) is 0 Å². The SMILES string of the molecule is CC(C)=CC[C@H](CC(=O)c1ccccc1)c1ccccc1. The maximum absolute atomic E-state index is 12.5. The van der Waals surface area contributed by atoms with Gasteiger partial charge < -0.3 is 0 Å². The van der Waals surface area contributed by atoms with Gasteiger partial charge in [0.15, 0.2) is 5.78 Å². The van der Waals surface area contributed by atoms with E-state index in [4.69, 9.17) is 0 Å². The molecule has 0 spiro atoms. The molecule has 0 amide bonds. The molecular formula is C20H22O. The number of hydrogen-bond donors (Lipinski definition) is 0. The van der Waals surface area contributed by atoms with Crippen LogP contribution in [0, 0.1) is 0 Å². The van der Waals surface area contributed by atoms with Crippen molar-refractivity contribution in [1.82, 2.24) is 0 Å². The Bertz CT molecular complexity index is 592. The molecule has 0 aliphatic rings. The van der Waals surface area contributed by atoms with E-state index in [1.165, 1.54) is 11.1 Å². The van der Waals surface area contributed by atoms with Gasteiger partial charge in [-0.3, -0.25) is 4.79 Å². The van der Waals surface area contributed by atoms with Crippen molar-refractivity contribution in [3.05, 3.63) is 83.4 Å². The Morgan fingerprint density at radius 1 is 0.952 bits per heavy atom. The minimum absolute atomic E-state index is 0.214. The van der Waals surface area contributed by atoms with E-state index in [0.29, 0.717) is 6.42 Å². The second-order valence-corrected chi connectivity index (χ2v) is 5.62. The van der Waals surface area contributed by atoms with E-state index in [0.717, 1.165) is 12.0 Å². The number of allylic oxidation sites excluding steroid dienone is 2. The summed E-state index contributed by atoms with van der Waals surface area (Å²) in [5, 5.41) is 0. The van der Waals surface area contributed by atoms with Crippen LogP contribution in [0.2, 0.25) is 0 Å². The summed E-state index contributed by atoms with van der Waals surface area (Å²) in [5.41, 5.74) is 3.33. The van der Waals surface area contributed by atoms with E-state index in [1.807, 2.05) is 48.5 Å². The number of Topliss-reactive ketones (excluding diaryl/α,β-unsaturated/α-hetero) is 1. The van der Waals surface area contributed by atoms with Gasteiger partial charge >= 0.3 is 0 Å². The van der Waals surface area contributed by atoms with Crippen LogP contribution >= 0.6 is 0 Å². The van der Waals surface area contributed by atoms with Crippen molar-refractivity contribution in [3.63, 3.8) is 0 Å². The molecule has 108 valence electrons. The van der Waals surface area contributed by atoms with Crippen LogP contribution in [0.15, 0.2) is 72.3 Å². The van der Waals surface area contributed by atoms with E-state index in [9.17, 15) is 4.79 Å². The number of rotatable bonds is 6. The van der Waals surface area contributed by atoms with Gasteiger partial charge in [0, 0.05) is 12.0 Å². The lowest BCUT2D eigenvalue weighted by molar-refractivity contribution is 0.0973. The van der Waals surface area contributed by atoms with Crippen LogP contribution in [0.5, 0.6) is 0 Å². The van der Waals surface area contributed by atoms with Gasteiger partial charge in [-0.1, -0.05) is 72.3 Å². The number of hydrogen-bond acceptors (Lipinski definition) is 1. The molecule has 1 heteroatoms. The van der Waals surface area contributed by atoms with E-state index < -0.39 is 0 Å². The molecule has 0 bridgehead atoms. The fourth-order valence-corrected chi connectivity index (χ4v) is 2.41. The summed E-state index contributed by atoms with van der Waals surface area (Å²) in [4.78, 5) is 12.5. The highest BCUT2D eigenvalue weighted by Crippen LogP contribution is 2.26. The Kier molecular flexibility index (Phi) is 5.51. The second-order valence-electron chi connectivity index (χ2n) is 5.62. The van der Waals surface area contributed by atoms with Crippen LogP contribution in [0.25, 0.3) is 0 Å². The first kappa shape index (κ1) is 15.2. The van der Waals surface area contributed by atoms with Gasteiger partial charge in [0.2, 0.25) is 0 Å². The smallest absolute Gasteiger partial charge is 0.163 e. The largest absolute Gasteiger partial charge is 0.294 e. The predicted octanol–water partition coefficient (Wildman–Crippen LogP) is 5.40. The van der Waals surface area contributed by atoms with Crippen molar-refractivity contribution in [2.45, 2.75) is 32.6 Å². The van der Waals surface area contributed by atoms with Crippen molar-refractivity contribution in [3.8, 4) is 0 Å². The van der Waals surface area contributed by atoms with E-state index in [1.54, 1.807) is 0 Å². The van der Waals surface area contributed by atoms with Crippen LogP contribution in [0.4, 0.5) is 0 Å². The quantitative estimate of drug-likeness (QED) is 0.511. The lowest BCUT2D eigenvalue weighted by Crippen LogP contribution is -2.07. The van der Waals surface area contributed by atoms with Gasteiger partial charge in [-0.2, -0.15) is 0 Å². The molecule has 0 saturated carbocycles. The fraction of sp³-hybridized carbons (Fsp3) is 0.250. The minimum atomic E-state index is 0.214. The fourth-order valence-electron chi connectivity index (χ4n) is 2.41. The molecule has 21 heavy (non-hydrogen) atoms. The highest BCUT2D eigenvalue weighted by molar-refractivity contribution is 5.96. The van der Waals surface area contributed by atoms with Gasteiger partial charge in [-0.05, 0) is 31.7 Å². The third kappa shape index (κ3) is 4.71. The summed E-state index contributed by atoms with van der Waals surface area (Å²) in [6.45, 7) is 4.20. The molecule has 0 unspecified atom stereocenters. The first-order valence-electron chi connectivity index (χ1n) is 7.43. The van der Waals surface area contributed by atoms with Crippen molar-refractivity contribution >= 4 is 5.78 Å². The van der Waals surface area contributed by atoms with Gasteiger partial charge in [0.25, 0.3) is 0 Å². The van der Waals surface area contributed by atoms with Crippen molar-refractivity contribution < 1.29 is 4.79 Å². The summed E-state index contributed by atoms with van der Waals surface area (Å²) in [6, 6.07) is 19.9. The molecular weight excluding hydrogens is 256 g/mol. The Morgan fingerprint density at radius 3 is 2.10 bits per heavy atom. The molecule has 0 saturated heterocycles. The van der Waals surface area contributed by atoms with Gasteiger partial charge in [-0.15, -0.1) is 0 Å². The van der Waals surface area contributed by atoms with Crippen LogP contribution in [-0.4, -0.2) is 5.78 Å². The molecule has 2 aromatic rings. The first-order valence-corrected chi connectivity index (χ1v) is 7.43. The normalized spacial score (nSPS) is 11.7. The first-order chi connectivity index (χ1) is 10.2. The Labute approximate surface area is 127 Å². The van der Waals surface area contributed by atoms with Gasteiger partial charge in [-0.25, -0.2) is 0 Å². The van der Waals surface area contributed by atoms with Crippen molar-refractivity contribution in [2.24, 2.45) is 0 Å². The molecule has 1 nitrogen and oxygen atoms in total. The standard InChI is InChI=1S/C20H22O/c1-16(2)13-14-19(17-9-5-3-6-10-17)15-20(21)18-11-7-4-8-12-18/h3-13,19H,14-15H2,1-2H3/t19-/m1/s1. The third-order valence-corrected chi connectivity index (χ3v) is 3.61. The Hall–Kier alpha value is -2.15. The molecule has 0 aliphatic carbocycles. The van der Waals surface area contributed by atoms with Gasteiger partial charge in [0.05, 0.1) is 0 Å². The molecule has 2 aromatic carbocycles. The molecule has 0 heterocycles. The average Bonchev–Trinajstić information content (AvgIpc) is 2.52. The second kappa shape index (κ2) is 7.58.